The van der Waals surface area contributed by atoms with Gasteiger partial charge in [0, 0.05) is 37.8 Å². The summed E-state index contributed by atoms with van der Waals surface area (Å²) in [4.78, 5) is 30.4. The molecule has 0 aromatic carbocycles. The second-order valence-corrected chi connectivity index (χ2v) is 8.46. The van der Waals surface area contributed by atoms with Crippen LogP contribution in [0.15, 0.2) is 0 Å². The van der Waals surface area contributed by atoms with E-state index in [1.54, 1.807) is 0 Å². The van der Waals surface area contributed by atoms with Crippen molar-refractivity contribution in [1.82, 2.24) is 15.1 Å². The van der Waals surface area contributed by atoms with Crippen LogP contribution in [0.5, 0.6) is 0 Å². The molecule has 5 heteroatoms. The third-order valence-electron chi connectivity index (χ3n) is 6.72. The van der Waals surface area contributed by atoms with Gasteiger partial charge in [0.1, 0.15) is 5.41 Å². The zero-order valence-electron chi connectivity index (χ0n) is 14.9. The fourth-order valence-electron chi connectivity index (χ4n) is 4.86. The van der Waals surface area contributed by atoms with Crippen molar-refractivity contribution in [2.45, 2.75) is 82.8 Å². The molecule has 0 unspecified atom stereocenters. The normalized spacial score (nSPS) is 30.9. The van der Waals surface area contributed by atoms with E-state index in [1.165, 1.54) is 25.7 Å². The van der Waals surface area contributed by atoms with Crippen molar-refractivity contribution in [3.05, 3.63) is 0 Å². The summed E-state index contributed by atoms with van der Waals surface area (Å²) in [6.45, 7) is 4.79. The Morgan fingerprint density at radius 1 is 1.00 bits per heavy atom. The lowest BCUT2D eigenvalue weighted by molar-refractivity contribution is -0.159. The van der Waals surface area contributed by atoms with Crippen molar-refractivity contribution >= 4 is 11.8 Å². The highest BCUT2D eigenvalue weighted by atomic mass is 16.2. The maximum absolute atomic E-state index is 13.2. The molecule has 24 heavy (non-hydrogen) atoms. The van der Waals surface area contributed by atoms with Crippen molar-refractivity contribution in [3.63, 3.8) is 0 Å². The summed E-state index contributed by atoms with van der Waals surface area (Å²) < 4.78 is 0. The second-order valence-electron chi connectivity index (χ2n) is 8.46. The summed E-state index contributed by atoms with van der Waals surface area (Å²) in [7, 11) is 0. The number of hydrogen-bond acceptors (Lipinski definition) is 3. The Balaban J connectivity index is 1.39. The standard InChI is InChI=1S/C19H31N3O2/c1-14-13-21(11-12-22(14)16-5-2-3-6-16)18(24)19(9-4-10-19)17(23)20-15-7-8-15/h14-16H,2-13H2,1H3,(H,20,23)/t14-/m0/s1. The largest absolute Gasteiger partial charge is 0.352 e. The first-order chi connectivity index (χ1) is 11.6. The number of amides is 2. The molecule has 3 aliphatic carbocycles. The van der Waals surface area contributed by atoms with Gasteiger partial charge >= 0.3 is 0 Å². The molecule has 134 valence electrons. The number of piperazine rings is 1. The summed E-state index contributed by atoms with van der Waals surface area (Å²) in [5, 5.41) is 3.08. The molecule has 4 fully saturated rings. The van der Waals surface area contributed by atoms with Crippen LogP contribution in [0.2, 0.25) is 0 Å². The Labute approximate surface area is 145 Å². The molecular weight excluding hydrogens is 302 g/mol. The molecule has 1 atom stereocenters. The van der Waals surface area contributed by atoms with Crippen LogP contribution in [-0.2, 0) is 9.59 Å². The van der Waals surface area contributed by atoms with E-state index in [4.69, 9.17) is 0 Å². The van der Waals surface area contributed by atoms with Gasteiger partial charge in [-0.25, -0.2) is 0 Å². The van der Waals surface area contributed by atoms with Crippen LogP contribution in [0.4, 0.5) is 0 Å². The highest BCUT2D eigenvalue weighted by molar-refractivity contribution is 6.06. The molecule has 4 aliphatic rings. The third kappa shape index (κ3) is 2.85. The molecule has 0 aromatic rings. The fraction of sp³-hybridized carbons (Fsp3) is 0.895. The van der Waals surface area contributed by atoms with Crippen molar-refractivity contribution in [2.24, 2.45) is 5.41 Å². The van der Waals surface area contributed by atoms with Crippen molar-refractivity contribution in [3.8, 4) is 0 Å². The quantitative estimate of drug-likeness (QED) is 0.800. The maximum atomic E-state index is 13.2. The van der Waals surface area contributed by atoms with Gasteiger partial charge in [0.25, 0.3) is 0 Å². The fourth-order valence-corrected chi connectivity index (χ4v) is 4.86. The number of nitrogens with one attached hydrogen (secondary N) is 1. The Morgan fingerprint density at radius 2 is 1.71 bits per heavy atom. The van der Waals surface area contributed by atoms with E-state index in [0.717, 1.165) is 51.7 Å². The zero-order valence-corrected chi connectivity index (χ0v) is 14.9. The van der Waals surface area contributed by atoms with E-state index in [9.17, 15) is 9.59 Å². The molecule has 1 N–H and O–H groups in total. The molecule has 1 heterocycles. The van der Waals surface area contributed by atoms with Gasteiger partial charge in [-0.15, -0.1) is 0 Å². The number of rotatable bonds is 4. The Hall–Kier alpha value is -1.10. The van der Waals surface area contributed by atoms with Crippen LogP contribution < -0.4 is 5.32 Å². The van der Waals surface area contributed by atoms with E-state index in [0.29, 0.717) is 18.1 Å². The van der Waals surface area contributed by atoms with Gasteiger partial charge in [-0.2, -0.15) is 0 Å². The first-order valence-corrected chi connectivity index (χ1v) is 9.96. The van der Waals surface area contributed by atoms with Crippen LogP contribution in [0.3, 0.4) is 0 Å². The SMILES string of the molecule is C[C@H]1CN(C(=O)C2(C(=O)NC3CC3)CCC2)CCN1C1CCCC1. The number of hydrogen-bond donors (Lipinski definition) is 1. The Morgan fingerprint density at radius 3 is 2.25 bits per heavy atom. The minimum Gasteiger partial charge on any atom is -0.352 e. The summed E-state index contributed by atoms with van der Waals surface area (Å²) >= 11 is 0. The minimum absolute atomic E-state index is 0.00660. The van der Waals surface area contributed by atoms with E-state index in [-0.39, 0.29) is 11.8 Å². The molecule has 0 aromatic heterocycles. The van der Waals surface area contributed by atoms with E-state index >= 15 is 0 Å². The predicted octanol–water partition coefficient (Wildman–Crippen LogP) is 1.91. The van der Waals surface area contributed by atoms with Gasteiger partial charge in [-0.1, -0.05) is 19.3 Å². The monoisotopic (exact) mass is 333 g/mol. The minimum atomic E-state index is -0.738. The molecule has 0 bridgehead atoms. The third-order valence-corrected chi connectivity index (χ3v) is 6.72. The van der Waals surface area contributed by atoms with Gasteiger partial charge in [0.05, 0.1) is 0 Å². The topological polar surface area (TPSA) is 52.7 Å². The Bertz CT molecular complexity index is 507. The summed E-state index contributed by atoms with van der Waals surface area (Å²) in [6.07, 6.45) is 9.95. The van der Waals surface area contributed by atoms with Crippen molar-refractivity contribution in [2.75, 3.05) is 19.6 Å². The summed E-state index contributed by atoms with van der Waals surface area (Å²) in [6, 6.07) is 1.46. The van der Waals surface area contributed by atoms with Gasteiger partial charge < -0.3 is 10.2 Å². The first-order valence-electron chi connectivity index (χ1n) is 9.96. The zero-order chi connectivity index (χ0) is 16.7. The van der Waals surface area contributed by atoms with E-state index < -0.39 is 5.41 Å². The lowest BCUT2D eigenvalue weighted by Gasteiger charge is -2.47. The maximum Gasteiger partial charge on any atom is 0.238 e. The van der Waals surface area contributed by atoms with Crippen molar-refractivity contribution < 1.29 is 9.59 Å². The molecule has 5 nitrogen and oxygen atoms in total. The van der Waals surface area contributed by atoms with Crippen LogP contribution in [0, 0.1) is 5.41 Å². The highest BCUT2D eigenvalue weighted by Gasteiger charge is 2.53. The smallest absolute Gasteiger partial charge is 0.238 e. The van der Waals surface area contributed by atoms with Gasteiger partial charge in [0.15, 0.2) is 0 Å². The van der Waals surface area contributed by atoms with E-state index in [1.807, 2.05) is 4.90 Å². The van der Waals surface area contributed by atoms with Gasteiger partial charge in [-0.3, -0.25) is 14.5 Å². The number of carbonyl (C=O) groups excluding carboxylic acids is 2. The predicted molar refractivity (Wildman–Crippen MR) is 92.5 cm³/mol. The molecule has 2 amide bonds. The molecule has 0 radical (unpaired) electrons. The van der Waals surface area contributed by atoms with Crippen LogP contribution in [0.1, 0.15) is 64.7 Å². The average Bonchev–Trinajstić information content (AvgIpc) is 3.16. The Kier molecular flexibility index (Phi) is 4.31. The molecule has 1 saturated heterocycles. The van der Waals surface area contributed by atoms with Crippen molar-refractivity contribution in [1.29, 1.82) is 0 Å². The van der Waals surface area contributed by atoms with Crippen LogP contribution in [-0.4, -0.2) is 59.4 Å². The first kappa shape index (κ1) is 16.4. The number of nitrogens with zero attached hydrogens (tertiary/aromatic N) is 2. The van der Waals surface area contributed by atoms with Gasteiger partial charge in [-0.05, 0) is 45.4 Å². The molecule has 3 saturated carbocycles. The molecule has 0 spiro atoms. The lowest BCUT2D eigenvalue weighted by Crippen LogP contribution is -2.62. The second kappa shape index (κ2) is 6.32. The summed E-state index contributed by atoms with van der Waals surface area (Å²) in [5.41, 5.74) is -0.738. The van der Waals surface area contributed by atoms with Gasteiger partial charge in [0.2, 0.25) is 11.8 Å². The van der Waals surface area contributed by atoms with Crippen LogP contribution in [0.25, 0.3) is 0 Å². The lowest BCUT2D eigenvalue weighted by atomic mass is 9.66. The van der Waals surface area contributed by atoms with E-state index in [2.05, 4.69) is 17.1 Å². The highest BCUT2D eigenvalue weighted by Crippen LogP contribution is 2.44. The van der Waals surface area contributed by atoms with Crippen LogP contribution >= 0.6 is 0 Å². The molecule has 4 rings (SSSR count). The summed E-state index contributed by atoms with van der Waals surface area (Å²) in [5.74, 6) is 0.108. The molecular formula is C19H31N3O2. The molecule has 1 aliphatic heterocycles. The average molecular weight is 333 g/mol. The number of carbonyl (C=O) groups is 2.